The molecule has 0 spiro atoms. The van der Waals surface area contributed by atoms with Gasteiger partial charge in [-0.25, -0.2) is 0 Å². The van der Waals surface area contributed by atoms with Crippen molar-refractivity contribution in [3.63, 3.8) is 0 Å². The predicted molar refractivity (Wildman–Crippen MR) is 65.3 cm³/mol. The lowest BCUT2D eigenvalue weighted by Crippen LogP contribution is -2.28. The van der Waals surface area contributed by atoms with E-state index in [-0.39, 0.29) is 24.6 Å². The van der Waals surface area contributed by atoms with Crippen LogP contribution in [0, 0.1) is 5.92 Å². The van der Waals surface area contributed by atoms with Gasteiger partial charge in [-0.15, -0.1) is 0 Å². The Hall–Kier alpha value is -0.690. The molecular weight excluding hydrogens is 240 g/mol. The second kappa shape index (κ2) is 11.4. The highest BCUT2D eigenvalue weighted by Crippen LogP contribution is 2.08. The van der Waals surface area contributed by atoms with E-state index >= 15 is 0 Å². The molecule has 6 nitrogen and oxygen atoms in total. The lowest BCUT2D eigenvalue weighted by molar-refractivity contribution is -0.150. The van der Waals surface area contributed by atoms with Crippen LogP contribution in [0.1, 0.15) is 13.8 Å². The van der Waals surface area contributed by atoms with E-state index in [1.165, 1.54) is 7.11 Å². The Morgan fingerprint density at radius 3 is 2.17 bits per heavy atom. The number of rotatable bonds is 11. The van der Waals surface area contributed by atoms with Crippen molar-refractivity contribution in [3.05, 3.63) is 0 Å². The fourth-order valence-electron chi connectivity index (χ4n) is 1.20. The first kappa shape index (κ1) is 17.3. The van der Waals surface area contributed by atoms with Gasteiger partial charge in [-0.1, -0.05) is 0 Å². The van der Waals surface area contributed by atoms with Crippen molar-refractivity contribution in [1.82, 2.24) is 0 Å². The molecule has 108 valence electrons. The van der Waals surface area contributed by atoms with Crippen LogP contribution in [-0.2, 0) is 23.7 Å². The van der Waals surface area contributed by atoms with Crippen LogP contribution in [0.4, 0.5) is 0 Å². The Balaban J connectivity index is 3.40. The zero-order valence-corrected chi connectivity index (χ0v) is 11.4. The standard InChI is InChI=1S/C12H24O6/c1-10(12(14)15-3)11(2)18-9-8-17-7-6-16-5-4-13/h10-11,13H,4-9H2,1-3H3. The van der Waals surface area contributed by atoms with Crippen LogP contribution in [0.15, 0.2) is 0 Å². The third-order valence-electron chi connectivity index (χ3n) is 2.49. The number of aliphatic hydroxyl groups excluding tert-OH is 1. The van der Waals surface area contributed by atoms with E-state index in [1.54, 1.807) is 6.92 Å². The molecule has 0 amide bonds. The van der Waals surface area contributed by atoms with Crippen LogP contribution < -0.4 is 0 Å². The summed E-state index contributed by atoms with van der Waals surface area (Å²) in [5.41, 5.74) is 0. The number of carbonyl (C=O) groups excluding carboxylic acids is 1. The molecule has 0 saturated heterocycles. The van der Waals surface area contributed by atoms with Crippen LogP contribution >= 0.6 is 0 Å². The first-order valence-corrected chi connectivity index (χ1v) is 6.09. The summed E-state index contributed by atoms with van der Waals surface area (Å²) >= 11 is 0. The molecule has 2 atom stereocenters. The van der Waals surface area contributed by atoms with E-state index < -0.39 is 0 Å². The van der Waals surface area contributed by atoms with Crippen LogP contribution in [-0.4, -0.2) is 63.9 Å². The van der Waals surface area contributed by atoms with Crippen molar-refractivity contribution in [2.45, 2.75) is 20.0 Å². The van der Waals surface area contributed by atoms with Gasteiger partial charge in [0.1, 0.15) is 0 Å². The lowest BCUT2D eigenvalue weighted by Gasteiger charge is -2.18. The number of esters is 1. The smallest absolute Gasteiger partial charge is 0.311 e. The van der Waals surface area contributed by atoms with Crippen LogP contribution in [0.5, 0.6) is 0 Å². The SMILES string of the molecule is COC(=O)C(C)C(C)OCCOCCOCCO. The highest BCUT2D eigenvalue weighted by atomic mass is 16.6. The molecule has 0 rings (SSSR count). The number of carbonyl (C=O) groups is 1. The van der Waals surface area contributed by atoms with Crippen molar-refractivity contribution < 1.29 is 28.8 Å². The van der Waals surface area contributed by atoms with E-state index in [2.05, 4.69) is 4.74 Å². The quantitative estimate of drug-likeness (QED) is 0.425. The van der Waals surface area contributed by atoms with Crippen molar-refractivity contribution >= 4 is 5.97 Å². The van der Waals surface area contributed by atoms with Crippen LogP contribution in [0.3, 0.4) is 0 Å². The Morgan fingerprint density at radius 2 is 1.61 bits per heavy atom. The van der Waals surface area contributed by atoms with Gasteiger partial charge in [0.2, 0.25) is 0 Å². The monoisotopic (exact) mass is 264 g/mol. The minimum atomic E-state index is -0.289. The molecule has 18 heavy (non-hydrogen) atoms. The number of methoxy groups -OCH3 is 1. The lowest BCUT2D eigenvalue weighted by atomic mass is 10.1. The van der Waals surface area contributed by atoms with Gasteiger partial charge in [-0.05, 0) is 13.8 Å². The molecule has 6 heteroatoms. The third kappa shape index (κ3) is 8.41. The minimum absolute atomic E-state index is 0.0199. The Bertz CT molecular complexity index is 209. The number of ether oxygens (including phenoxy) is 4. The highest BCUT2D eigenvalue weighted by Gasteiger charge is 2.21. The summed E-state index contributed by atoms with van der Waals surface area (Å²) in [6.45, 7) is 5.72. The summed E-state index contributed by atoms with van der Waals surface area (Å²) in [6.07, 6.45) is -0.202. The summed E-state index contributed by atoms with van der Waals surface area (Å²) in [7, 11) is 1.36. The normalized spacial score (nSPS) is 14.2. The van der Waals surface area contributed by atoms with Crippen molar-refractivity contribution in [2.24, 2.45) is 5.92 Å². The molecule has 0 bridgehead atoms. The Kier molecular flexibility index (Phi) is 11.0. The topological polar surface area (TPSA) is 74.2 Å². The van der Waals surface area contributed by atoms with Gasteiger partial charge < -0.3 is 24.1 Å². The van der Waals surface area contributed by atoms with E-state index in [9.17, 15) is 4.79 Å². The predicted octanol–water partition coefficient (Wildman–Crippen LogP) is 0.226. The van der Waals surface area contributed by atoms with Gasteiger partial charge in [0, 0.05) is 0 Å². The second-order valence-electron chi connectivity index (χ2n) is 3.84. The van der Waals surface area contributed by atoms with Gasteiger partial charge in [0.05, 0.1) is 58.8 Å². The molecular formula is C12H24O6. The first-order valence-electron chi connectivity index (χ1n) is 6.09. The Morgan fingerprint density at radius 1 is 1.06 bits per heavy atom. The van der Waals surface area contributed by atoms with E-state index in [4.69, 9.17) is 19.3 Å². The first-order chi connectivity index (χ1) is 8.63. The molecule has 0 saturated carbocycles. The number of hydrogen-bond acceptors (Lipinski definition) is 6. The molecule has 0 heterocycles. The maximum atomic E-state index is 11.2. The van der Waals surface area contributed by atoms with Gasteiger partial charge in [-0.3, -0.25) is 4.79 Å². The van der Waals surface area contributed by atoms with Gasteiger partial charge in [0.25, 0.3) is 0 Å². The largest absolute Gasteiger partial charge is 0.469 e. The third-order valence-corrected chi connectivity index (χ3v) is 2.49. The van der Waals surface area contributed by atoms with Crippen molar-refractivity contribution in [3.8, 4) is 0 Å². The number of aliphatic hydroxyl groups is 1. The zero-order valence-electron chi connectivity index (χ0n) is 11.4. The van der Waals surface area contributed by atoms with E-state index in [0.29, 0.717) is 33.0 Å². The van der Waals surface area contributed by atoms with E-state index in [1.807, 2.05) is 6.92 Å². The van der Waals surface area contributed by atoms with Crippen molar-refractivity contribution in [2.75, 3.05) is 46.8 Å². The molecule has 1 N–H and O–H groups in total. The molecule has 0 aromatic carbocycles. The molecule has 0 aromatic rings. The summed E-state index contributed by atoms with van der Waals surface area (Å²) in [5.74, 6) is -0.566. The minimum Gasteiger partial charge on any atom is -0.469 e. The average molecular weight is 264 g/mol. The van der Waals surface area contributed by atoms with Crippen molar-refractivity contribution in [1.29, 1.82) is 0 Å². The van der Waals surface area contributed by atoms with Gasteiger partial charge >= 0.3 is 5.97 Å². The zero-order chi connectivity index (χ0) is 13.8. The summed E-state index contributed by atoms with van der Waals surface area (Å²) in [6, 6.07) is 0. The molecule has 2 unspecified atom stereocenters. The molecule has 0 fully saturated rings. The fraction of sp³-hybridized carbons (Fsp3) is 0.917. The Labute approximate surface area is 108 Å². The maximum Gasteiger partial charge on any atom is 0.311 e. The van der Waals surface area contributed by atoms with Crippen LogP contribution in [0.2, 0.25) is 0 Å². The van der Waals surface area contributed by atoms with Gasteiger partial charge in [0.15, 0.2) is 0 Å². The van der Waals surface area contributed by atoms with E-state index in [0.717, 1.165) is 0 Å². The van der Waals surface area contributed by atoms with Crippen LogP contribution in [0.25, 0.3) is 0 Å². The van der Waals surface area contributed by atoms with Gasteiger partial charge in [-0.2, -0.15) is 0 Å². The fourth-order valence-corrected chi connectivity index (χ4v) is 1.20. The molecule has 0 aliphatic heterocycles. The molecule has 0 radical (unpaired) electrons. The number of hydrogen-bond donors (Lipinski definition) is 1. The maximum absolute atomic E-state index is 11.2. The average Bonchev–Trinajstić information content (AvgIpc) is 2.39. The molecule has 0 aliphatic rings. The summed E-state index contributed by atoms with van der Waals surface area (Å²) in [5, 5.41) is 8.46. The summed E-state index contributed by atoms with van der Waals surface area (Å²) in [4.78, 5) is 11.2. The molecule has 0 aromatic heterocycles. The summed E-state index contributed by atoms with van der Waals surface area (Å²) < 4.78 is 20.3. The second-order valence-corrected chi connectivity index (χ2v) is 3.84. The highest BCUT2D eigenvalue weighted by molar-refractivity contribution is 5.72. The molecule has 0 aliphatic carbocycles.